The molecule has 7 aromatic rings. The van der Waals surface area contributed by atoms with Crippen molar-refractivity contribution in [1.82, 2.24) is 25.1 Å². The molecule has 0 spiro atoms. The highest BCUT2D eigenvalue weighted by Crippen LogP contribution is 2.40. The first-order chi connectivity index (χ1) is 30.2. The third kappa shape index (κ3) is 7.87. The number of aliphatic imine (C=N–C) groups is 1. The van der Waals surface area contributed by atoms with Crippen LogP contribution in [0.2, 0.25) is 0 Å². The second kappa shape index (κ2) is 17.0. The number of carbonyl (C=O) groups is 2. The minimum Gasteiger partial charge on any atom is -0.469 e. The van der Waals surface area contributed by atoms with E-state index in [9.17, 15) is 23.3 Å². The molecular formula is C46H40F2N8O5S2. The normalized spacial score (nSPS) is 13.4. The number of fused-ring (bicyclic) bond motifs is 4. The fourth-order valence-corrected chi connectivity index (χ4v) is 10.0. The Morgan fingerprint density at radius 2 is 1.70 bits per heavy atom. The van der Waals surface area contributed by atoms with E-state index < -0.39 is 45.1 Å². The smallest absolute Gasteiger partial charge is 0.308 e. The van der Waals surface area contributed by atoms with Crippen LogP contribution >= 0.6 is 11.3 Å². The number of halogens is 2. The summed E-state index contributed by atoms with van der Waals surface area (Å²) < 4.78 is 67.4. The average Bonchev–Trinajstić information content (AvgIpc) is 3.95. The number of anilines is 1. The topological polar surface area (TPSA) is 184 Å². The van der Waals surface area contributed by atoms with E-state index in [1.165, 1.54) is 31.4 Å². The van der Waals surface area contributed by atoms with Crippen LogP contribution in [0.15, 0.2) is 88.9 Å². The molecule has 8 rings (SSSR count). The van der Waals surface area contributed by atoms with Gasteiger partial charge in [-0.15, -0.1) is 21.5 Å². The molecule has 0 unspecified atom stereocenters. The Morgan fingerprint density at radius 1 is 0.968 bits per heavy atom. The van der Waals surface area contributed by atoms with E-state index in [0.717, 1.165) is 26.6 Å². The number of benzene rings is 4. The van der Waals surface area contributed by atoms with Gasteiger partial charge in [0.25, 0.3) is 15.9 Å². The summed E-state index contributed by atoms with van der Waals surface area (Å²) in [4.78, 5) is 34.7. The lowest BCUT2D eigenvalue weighted by Crippen LogP contribution is -2.27. The Kier molecular flexibility index (Phi) is 11.5. The molecule has 1 amide bonds. The zero-order chi connectivity index (χ0) is 44.7. The molecule has 4 aromatic carbocycles. The standard InChI is InChI=1S/C46H40F2N8O5S2/c1-6-28-13-18-35(43-39(28)31(22-49)23-51-43)55-63(59,60)32-14-7-27(8-15-32)19-20-50-45(58)34-17-16-33(40(47)41(34)48)29-9-11-30(12-10-29)42-38-24(2)25(3)62-46(38)56-26(4)53-54-44(56)36(52-42)21-37(57)61-5/h7-18,23,36,51,55H,6,19-21H2,1-5H3,(H,50,58)/t36-/m0/s1. The average molecular weight is 887 g/mol. The summed E-state index contributed by atoms with van der Waals surface area (Å²) in [5.74, 6) is -2.60. The summed E-state index contributed by atoms with van der Waals surface area (Å²) in [6, 6.07) is 20.4. The second-order valence-electron chi connectivity index (χ2n) is 15.0. The van der Waals surface area contributed by atoms with Gasteiger partial charge in [-0.2, -0.15) is 5.26 Å². The maximum Gasteiger partial charge on any atom is 0.308 e. The number of ether oxygens (including phenoxy) is 1. The van der Waals surface area contributed by atoms with Crippen LogP contribution in [0.4, 0.5) is 14.5 Å². The van der Waals surface area contributed by atoms with Gasteiger partial charge >= 0.3 is 5.97 Å². The molecule has 4 heterocycles. The number of aryl methyl sites for hydroxylation is 3. The largest absolute Gasteiger partial charge is 0.469 e. The highest BCUT2D eigenvalue weighted by molar-refractivity contribution is 7.92. The van der Waals surface area contributed by atoms with Crippen LogP contribution in [0.5, 0.6) is 0 Å². The number of sulfonamides is 1. The number of hydrogen-bond donors (Lipinski definition) is 3. The van der Waals surface area contributed by atoms with Crippen molar-refractivity contribution in [3.63, 3.8) is 0 Å². The molecule has 1 aliphatic rings. The Bertz CT molecular complexity index is 3150. The summed E-state index contributed by atoms with van der Waals surface area (Å²) in [6.45, 7) is 7.87. The van der Waals surface area contributed by atoms with E-state index in [1.54, 1.807) is 66.1 Å². The van der Waals surface area contributed by atoms with Crippen molar-refractivity contribution in [2.24, 2.45) is 4.99 Å². The fourth-order valence-electron chi connectivity index (χ4n) is 7.76. The minimum absolute atomic E-state index is 0.00723. The monoisotopic (exact) mass is 886 g/mol. The van der Waals surface area contributed by atoms with Crippen molar-refractivity contribution in [3.05, 3.63) is 146 Å². The van der Waals surface area contributed by atoms with Gasteiger partial charge in [-0.25, -0.2) is 17.2 Å². The first-order valence-corrected chi connectivity index (χ1v) is 22.2. The number of methoxy groups -OCH3 is 1. The molecule has 0 saturated carbocycles. The first kappa shape index (κ1) is 42.7. The zero-order valence-electron chi connectivity index (χ0n) is 34.8. The summed E-state index contributed by atoms with van der Waals surface area (Å²) >= 11 is 1.56. The van der Waals surface area contributed by atoms with Gasteiger partial charge in [0.1, 0.15) is 22.9 Å². The van der Waals surface area contributed by atoms with Crippen LogP contribution in [0, 0.1) is 43.7 Å². The molecule has 1 aliphatic heterocycles. The van der Waals surface area contributed by atoms with Gasteiger partial charge in [-0.05, 0) is 80.1 Å². The van der Waals surface area contributed by atoms with Crippen LogP contribution in [-0.2, 0) is 32.4 Å². The predicted octanol–water partition coefficient (Wildman–Crippen LogP) is 8.34. The molecule has 0 aliphatic carbocycles. The van der Waals surface area contributed by atoms with Crippen LogP contribution < -0.4 is 10.0 Å². The quantitative estimate of drug-likeness (QED) is 0.102. The number of aromatic nitrogens is 4. The van der Waals surface area contributed by atoms with Crippen molar-refractivity contribution in [1.29, 1.82) is 5.26 Å². The molecule has 320 valence electrons. The van der Waals surface area contributed by atoms with E-state index in [0.29, 0.717) is 62.6 Å². The molecule has 0 saturated heterocycles. The maximum atomic E-state index is 15.7. The van der Waals surface area contributed by atoms with E-state index in [-0.39, 0.29) is 29.8 Å². The summed E-state index contributed by atoms with van der Waals surface area (Å²) in [5.41, 5.74) is 5.88. The lowest BCUT2D eigenvalue weighted by atomic mass is 9.96. The SMILES string of the molecule is CCc1ccc(NS(=O)(=O)c2ccc(CCNC(=O)c3ccc(-c4ccc(C5=N[C@@H](CC(=O)OC)c6nnc(C)n6-c6sc(C)c(C)c65)cc4)c(F)c3F)cc2)c2[nH]cc(C#N)c12. The number of aromatic amines is 1. The number of rotatable bonds is 12. The number of hydrogen-bond acceptors (Lipinski definition) is 10. The number of amides is 1. The summed E-state index contributed by atoms with van der Waals surface area (Å²) in [7, 11) is -2.69. The third-order valence-corrected chi connectivity index (χ3v) is 13.8. The van der Waals surface area contributed by atoms with E-state index >= 15 is 8.78 Å². The number of thiophene rings is 1. The van der Waals surface area contributed by atoms with Crippen LogP contribution in [-0.4, -0.2) is 59.4 Å². The number of nitriles is 1. The molecular weight excluding hydrogens is 847 g/mol. The predicted molar refractivity (Wildman–Crippen MR) is 236 cm³/mol. The van der Waals surface area contributed by atoms with Crippen molar-refractivity contribution in [3.8, 4) is 22.2 Å². The van der Waals surface area contributed by atoms with Gasteiger partial charge < -0.3 is 15.0 Å². The van der Waals surface area contributed by atoms with Gasteiger partial charge in [0.15, 0.2) is 17.5 Å². The van der Waals surface area contributed by atoms with Crippen LogP contribution in [0.1, 0.15) is 79.7 Å². The van der Waals surface area contributed by atoms with Gasteiger partial charge in [-0.3, -0.25) is 23.9 Å². The molecule has 0 fully saturated rings. The summed E-state index contributed by atoms with van der Waals surface area (Å²) in [6.07, 6.45) is 2.44. The zero-order valence-corrected chi connectivity index (χ0v) is 36.4. The van der Waals surface area contributed by atoms with Crippen molar-refractivity contribution in [2.75, 3.05) is 18.4 Å². The second-order valence-corrected chi connectivity index (χ2v) is 17.9. The number of nitrogens with one attached hydrogen (secondary N) is 3. The maximum absolute atomic E-state index is 15.7. The van der Waals surface area contributed by atoms with Crippen molar-refractivity contribution >= 4 is 55.5 Å². The number of esters is 1. The van der Waals surface area contributed by atoms with Gasteiger partial charge in [0.2, 0.25) is 0 Å². The van der Waals surface area contributed by atoms with Crippen LogP contribution in [0.25, 0.3) is 27.0 Å². The highest BCUT2D eigenvalue weighted by atomic mass is 32.2. The molecule has 17 heteroatoms. The van der Waals surface area contributed by atoms with Crippen molar-refractivity contribution < 1.29 is 31.5 Å². The number of carbonyl (C=O) groups excluding carboxylic acids is 2. The van der Waals surface area contributed by atoms with E-state index in [2.05, 4.69) is 31.3 Å². The van der Waals surface area contributed by atoms with E-state index in [1.807, 2.05) is 32.3 Å². The Balaban J connectivity index is 0.948. The highest BCUT2D eigenvalue weighted by Gasteiger charge is 2.33. The Morgan fingerprint density at radius 3 is 2.40 bits per heavy atom. The number of nitrogens with zero attached hydrogens (tertiary/aromatic N) is 5. The van der Waals surface area contributed by atoms with Gasteiger partial charge in [0, 0.05) is 39.7 Å². The fraction of sp³-hybridized carbons (Fsp3) is 0.217. The Hall–Kier alpha value is -7.03. The van der Waals surface area contributed by atoms with Gasteiger partial charge in [-0.1, -0.05) is 55.5 Å². The molecule has 13 nitrogen and oxygen atoms in total. The minimum atomic E-state index is -4.00. The molecule has 1 atom stereocenters. The Labute approximate surface area is 365 Å². The molecule has 3 aromatic heterocycles. The van der Waals surface area contributed by atoms with Crippen molar-refractivity contribution in [2.45, 2.75) is 57.9 Å². The molecule has 63 heavy (non-hydrogen) atoms. The lowest BCUT2D eigenvalue weighted by Gasteiger charge is -2.13. The molecule has 0 radical (unpaired) electrons. The van der Waals surface area contributed by atoms with E-state index in [4.69, 9.17) is 9.73 Å². The van der Waals surface area contributed by atoms with Crippen LogP contribution in [0.3, 0.4) is 0 Å². The molecule has 0 bridgehead atoms. The lowest BCUT2D eigenvalue weighted by molar-refractivity contribution is -0.141. The van der Waals surface area contributed by atoms with Gasteiger partial charge in [0.05, 0.1) is 46.5 Å². The summed E-state index contributed by atoms with van der Waals surface area (Å²) in [5, 5.41) is 22.3. The first-order valence-electron chi connectivity index (χ1n) is 19.9. The molecule has 3 N–H and O–H groups in total. The third-order valence-electron chi connectivity index (χ3n) is 11.2. The number of H-pyrrole nitrogens is 1.